The van der Waals surface area contributed by atoms with E-state index in [1.54, 1.807) is 42.0 Å². The molecule has 0 radical (unpaired) electrons. The molecule has 138 valence electrons. The molecule has 0 saturated heterocycles. The molecule has 0 bridgehead atoms. The maximum absolute atomic E-state index is 13.2. The second-order valence-corrected chi connectivity index (χ2v) is 6.68. The van der Waals surface area contributed by atoms with Crippen molar-refractivity contribution in [3.63, 3.8) is 0 Å². The molecule has 0 aliphatic heterocycles. The fourth-order valence-corrected chi connectivity index (χ4v) is 3.48. The summed E-state index contributed by atoms with van der Waals surface area (Å²) in [6.07, 6.45) is 3.08. The van der Waals surface area contributed by atoms with Gasteiger partial charge in [0.05, 0.1) is 33.1 Å². The molecule has 0 saturated carbocycles. The third kappa shape index (κ3) is 3.34. The topological polar surface area (TPSA) is 86.3 Å². The van der Waals surface area contributed by atoms with Crippen LogP contribution < -0.4 is 10.5 Å². The first-order valence-corrected chi connectivity index (χ1v) is 8.91. The van der Waals surface area contributed by atoms with E-state index in [9.17, 15) is 14.7 Å². The Labute approximate surface area is 165 Å². The molecular formula is C19H16Cl2N3O3+. The summed E-state index contributed by atoms with van der Waals surface area (Å²) in [5.74, 6) is -1.30. The van der Waals surface area contributed by atoms with E-state index in [0.29, 0.717) is 39.6 Å². The van der Waals surface area contributed by atoms with Gasteiger partial charge in [0.2, 0.25) is 11.6 Å². The Hall–Kier alpha value is -2.70. The predicted molar refractivity (Wildman–Crippen MR) is 103 cm³/mol. The number of carbonyl (C=O) groups is 1. The van der Waals surface area contributed by atoms with E-state index in [1.165, 1.54) is 6.20 Å². The normalized spacial score (nSPS) is 10.8. The molecule has 0 amide bonds. The summed E-state index contributed by atoms with van der Waals surface area (Å²) >= 11 is 12.1. The molecule has 0 spiro atoms. The van der Waals surface area contributed by atoms with Crippen LogP contribution in [-0.4, -0.2) is 20.7 Å². The van der Waals surface area contributed by atoms with Crippen LogP contribution in [0.3, 0.4) is 0 Å². The number of carboxylic acid groups (broad SMARTS) is 1. The molecule has 8 heteroatoms. The number of aromatic nitrogens is 3. The summed E-state index contributed by atoms with van der Waals surface area (Å²) in [5.41, 5.74) is 1.46. The zero-order chi connectivity index (χ0) is 19.7. The van der Waals surface area contributed by atoms with E-state index < -0.39 is 11.4 Å². The van der Waals surface area contributed by atoms with Crippen molar-refractivity contribution in [2.24, 2.45) is 0 Å². The Balaban J connectivity index is 2.46. The summed E-state index contributed by atoms with van der Waals surface area (Å²) in [6.45, 7) is 4.13. The number of nitrogens with zero attached hydrogens (tertiary/aromatic N) is 2. The molecule has 2 N–H and O–H groups in total. The van der Waals surface area contributed by atoms with Gasteiger partial charge in [0.15, 0.2) is 0 Å². The SMILES string of the molecule is CCn1c(C)c(-c2ccn[nH+]c2)c(=O)c(C(=O)O)c1-c1ccc(Cl)c(Cl)c1. The lowest BCUT2D eigenvalue weighted by Gasteiger charge is -2.20. The first kappa shape index (κ1) is 19.1. The highest BCUT2D eigenvalue weighted by Gasteiger charge is 2.26. The van der Waals surface area contributed by atoms with Crippen LogP contribution in [0.4, 0.5) is 0 Å². The van der Waals surface area contributed by atoms with Crippen LogP contribution in [0.5, 0.6) is 0 Å². The average Bonchev–Trinajstić information content (AvgIpc) is 2.64. The van der Waals surface area contributed by atoms with Crippen molar-refractivity contribution >= 4 is 29.2 Å². The molecule has 0 aliphatic rings. The summed E-state index contributed by atoms with van der Waals surface area (Å²) in [5, 5.41) is 17.0. The van der Waals surface area contributed by atoms with E-state index in [0.717, 1.165) is 0 Å². The Morgan fingerprint density at radius 1 is 1.22 bits per heavy atom. The number of carboxylic acids is 1. The molecule has 1 aromatic carbocycles. The molecule has 6 nitrogen and oxygen atoms in total. The minimum Gasteiger partial charge on any atom is -0.477 e. The van der Waals surface area contributed by atoms with Crippen molar-refractivity contribution in [2.75, 3.05) is 0 Å². The van der Waals surface area contributed by atoms with Gasteiger partial charge in [0.1, 0.15) is 5.56 Å². The van der Waals surface area contributed by atoms with E-state index in [-0.39, 0.29) is 10.6 Å². The number of H-pyrrole nitrogens is 1. The van der Waals surface area contributed by atoms with Crippen LogP contribution in [0, 0.1) is 6.92 Å². The van der Waals surface area contributed by atoms with E-state index in [4.69, 9.17) is 23.2 Å². The molecule has 3 aromatic rings. The van der Waals surface area contributed by atoms with E-state index >= 15 is 0 Å². The number of rotatable bonds is 4. The Kier molecular flexibility index (Phi) is 5.30. The van der Waals surface area contributed by atoms with Gasteiger partial charge in [0.25, 0.3) is 0 Å². The Bertz CT molecular complexity index is 1100. The van der Waals surface area contributed by atoms with Crippen LogP contribution >= 0.6 is 23.2 Å². The predicted octanol–water partition coefficient (Wildman–Crippen LogP) is 3.72. The van der Waals surface area contributed by atoms with Gasteiger partial charge in [-0.2, -0.15) is 0 Å². The first-order chi connectivity index (χ1) is 12.9. The lowest BCUT2D eigenvalue weighted by molar-refractivity contribution is -0.454. The van der Waals surface area contributed by atoms with Crippen molar-refractivity contribution in [2.45, 2.75) is 20.4 Å². The lowest BCUT2D eigenvalue weighted by atomic mass is 9.97. The van der Waals surface area contributed by atoms with Gasteiger partial charge >= 0.3 is 5.97 Å². The highest BCUT2D eigenvalue weighted by Crippen LogP contribution is 2.32. The maximum Gasteiger partial charge on any atom is 0.341 e. The highest BCUT2D eigenvalue weighted by molar-refractivity contribution is 6.42. The van der Waals surface area contributed by atoms with Crippen LogP contribution in [0.25, 0.3) is 22.4 Å². The number of aromatic carboxylic acids is 1. The number of hydrogen-bond acceptors (Lipinski definition) is 3. The van der Waals surface area contributed by atoms with Gasteiger partial charge < -0.3 is 9.67 Å². The summed E-state index contributed by atoms with van der Waals surface area (Å²) < 4.78 is 1.79. The number of aromatic amines is 1. The second-order valence-electron chi connectivity index (χ2n) is 5.87. The van der Waals surface area contributed by atoms with Crippen molar-refractivity contribution in [3.05, 3.63) is 68.2 Å². The van der Waals surface area contributed by atoms with Crippen LogP contribution in [0.2, 0.25) is 10.0 Å². The molecule has 27 heavy (non-hydrogen) atoms. The highest BCUT2D eigenvalue weighted by atomic mass is 35.5. The Morgan fingerprint density at radius 2 is 1.96 bits per heavy atom. The molecule has 0 atom stereocenters. The zero-order valence-electron chi connectivity index (χ0n) is 14.6. The van der Waals surface area contributed by atoms with E-state index in [2.05, 4.69) is 10.2 Å². The minimum atomic E-state index is -1.30. The van der Waals surface area contributed by atoms with Gasteiger partial charge in [-0.3, -0.25) is 4.79 Å². The summed E-state index contributed by atoms with van der Waals surface area (Å²) in [4.78, 5) is 25.2. The van der Waals surface area contributed by atoms with Gasteiger partial charge in [-0.15, -0.1) is 5.10 Å². The van der Waals surface area contributed by atoms with Crippen molar-refractivity contribution in [3.8, 4) is 22.4 Å². The van der Waals surface area contributed by atoms with Crippen molar-refractivity contribution in [1.29, 1.82) is 0 Å². The number of hydrogen-bond donors (Lipinski definition) is 1. The minimum absolute atomic E-state index is 0.283. The van der Waals surface area contributed by atoms with Crippen LogP contribution in [0.1, 0.15) is 23.0 Å². The first-order valence-electron chi connectivity index (χ1n) is 8.15. The summed E-state index contributed by atoms with van der Waals surface area (Å²) in [7, 11) is 0. The monoisotopic (exact) mass is 404 g/mol. The molecule has 0 aliphatic carbocycles. The maximum atomic E-state index is 13.2. The second kappa shape index (κ2) is 7.50. The van der Waals surface area contributed by atoms with Crippen LogP contribution in [-0.2, 0) is 6.54 Å². The van der Waals surface area contributed by atoms with Crippen LogP contribution in [0.15, 0.2) is 41.5 Å². The number of nitrogens with one attached hydrogen (secondary N) is 1. The number of benzene rings is 1. The third-order valence-corrected chi connectivity index (χ3v) is 5.10. The smallest absolute Gasteiger partial charge is 0.341 e. The fraction of sp³-hybridized carbons (Fsp3) is 0.158. The van der Waals surface area contributed by atoms with E-state index in [1.807, 2.05) is 6.92 Å². The molecular weight excluding hydrogens is 389 g/mol. The van der Waals surface area contributed by atoms with Gasteiger partial charge in [-0.25, -0.2) is 4.79 Å². The van der Waals surface area contributed by atoms with Crippen molar-refractivity contribution in [1.82, 2.24) is 9.67 Å². The fourth-order valence-electron chi connectivity index (χ4n) is 3.18. The molecule has 0 fully saturated rings. The number of pyridine rings is 1. The largest absolute Gasteiger partial charge is 0.477 e. The zero-order valence-corrected chi connectivity index (χ0v) is 16.1. The molecule has 3 rings (SSSR count). The third-order valence-electron chi connectivity index (χ3n) is 4.36. The van der Waals surface area contributed by atoms with Gasteiger partial charge in [0, 0.05) is 17.8 Å². The molecule has 0 unspecified atom stereocenters. The van der Waals surface area contributed by atoms with Gasteiger partial charge in [-0.05, 0) is 37.1 Å². The Morgan fingerprint density at radius 3 is 2.52 bits per heavy atom. The van der Waals surface area contributed by atoms with Crippen molar-refractivity contribution < 1.29 is 15.0 Å². The molecule has 2 heterocycles. The lowest BCUT2D eigenvalue weighted by Crippen LogP contribution is -2.25. The summed E-state index contributed by atoms with van der Waals surface area (Å²) in [6, 6.07) is 6.46. The molecule has 2 aromatic heterocycles. The van der Waals surface area contributed by atoms with Gasteiger partial charge in [-0.1, -0.05) is 29.3 Å². The number of halogens is 2. The quantitative estimate of drug-likeness (QED) is 0.717. The average molecular weight is 405 g/mol. The standard InChI is InChI=1S/C19H15Cl2N3O3/c1-3-24-10(2)15(12-6-7-22-23-9-12)18(25)16(19(26)27)17(24)11-4-5-13(20)14(21)8-11/h4-9H,3H2,1-2H3,(H,26,27)/p+1.